The lowest BCUT2D eigenvalue weighted by atomic mass is 10.2. The van der Waals surface area contributed by atoms with Crippen LogP contribution in [0.2, 0.25) is 10.0 Å². The van der Waals surface area contributed by atoms with Crippen LogP contribution in [0.3, 0.4) is 0 Å². The molecule has 0 saturated carbocycles. The number of aldehydes is 1. The molecule has 0 aliphatic carbocycles. The summed E-state index contributed by atoms with van der Waals surface area (Å²) in [6, 6.07) is 8.40. The fraction of sp³-hybridized carbons (Fsp3) is 0. The van der Waals surface area contributed by atoms with Gasteiger partial charge in [-0.1, -0.05) is 23.2 Å². The summed E-state index contributed by atoms with van der Waals surface area (Å²) < 4.78 is 5.41. The lowest BCUT2D eigenvalue weighted by molar-refractivity contribution is -0.385. The highest BCUT2D eigenvalue weighted by Gasteiger charge is 2.17. The predicted octanol–water partition coefficient (Wildman–Crippen LogP) is 4.51. The van der Waals surface area contributed by atoms with Crippen molar-refractivity contribution in [3.8, 4) is 11.5 Å². The van der Waals surface area contributed by atoms with E-state index in [4.69, 9.17) is 27.9 Å². The van der Waals surface area contributed by atoms with Crippen LogP contribution in [0.15, 0.2) is 36.4 Å². The summed E-state index contributed by atoms with van der Waals surface area (Å²) in [5, 5.41) is 11.6. The zero-order valence-electron chi connectivity index (χ0n) is 9.88. The quantitative estimate of drug-likeness (QED) is 0.473. The number of hydrogen-bond acceptors (Lipinski definition) is 4. The third-order valence-electron chi connectivity index (χ3n) is 2.43. The van der Waals surface area contributed by atoms with E-state index in [1.165, 1.54) is 24.3 Å². The van der Waals surface area contributed by atoms with Gasteiger partial charge in [-0.3, -0.25) is 14.9 Å². The van der Waals surface area contributed by atoms with Gasteiger partial charge in [-0.25, -0.2) is 0 Å². The number of carbonyl (C=O) groups excluding carboxylic acids is 1. The second-order valence-electron chi connectivity index (χ2n) is 3.78. The molecule has 0 aliphatic rings. The summed E-state index contributed by atoms with van der Waals surface area (Å²) in [5.41, 5.74) is -0.146. The van der Waals surface area contributed by atoms with Crippen molar-refractivity contribution in [3.63, 3.8) is 0 Å². The van der Waals surface area contributed by atoms with Gasteiger partial charge in [0, 0.05) is 22.7 Å². The van der Waals surface area contributed by atoms with Crippen LogP contribution in [0.4, 0.5) is 5.69 Å². The molecule has 0 N–H and O–H groups in total. The average molecular weight is 312 g/mol. The van der Waals surface area contributed by atoms with Crippen LogP contribution >= 0.6 is 23.2 Å². The Labute approximate surface area is 123 Å². The highest BCUT2D eigenvalue weighted by molar-refractivity contribution is 6.34. The smallest absolute Gasteiger partial charge is 0.312 e. The molecule has 20 heavy (non-hydrogen) atoms. The summed E-state index contributed by atoms with van der Waals surface area (Å²) in [4.78, 5) is 21.0. The van der Waals surface area contributed by atoms with Crippen molar-refractivity contribution in [2.45, 2.75) is 0 Å². The molecule has 0 amide bonds. The molecule has 5 nitrogen and oxygen atoms in total. The van der Waals surface area contributed by atoms with E-state index in [0.29, 0.717) is 11.3 Å². The SMILES string of the molecule is O=Cc1ccc(Oc2cc(Cl)ccc2Cl)c([N+](=O)[O-])c1. The molecule has 102 valence electrons. The van der Waals surface area contributed by atoms with Gasteiger partial charge in [0.25, 0.3) is 0 Å². The molecule has 2 rings (SSSR count). The largest absolute Gasteiger partial charge is 0.449 e. The number of carbonyl (C=O) groups is 1. The van der Waals surface area contributed by atoms with Gasteiger partial charge in [-0.2, -0.15) is 0 Å². The van der Waals surface area contributed by atoms with Gasteiger partial charge in [0.1, 0.15) is 12.0 Å². The molecule has 0 aliphatic heterocycles. The molecule has 0 radical (unpaired) electrons. The standard InChI is InChI=1S/C13H7Cl2NO4/c14-9-2-3-10(15)13(6-9)20-12-4-1-8(7-17)5-11(12)16(18)19/h1-7H. The Morgan fingerprint density at radius 1 is 1.10 bits per heavy atom. The topological polar surface area (TPSA) is 69.4 Å². The molecule has 2 aromatic rings. The molecule has 0 spiro atoms. The second-order valence-corrected chi connectivity index (χ2v) is 4.62. The summed E-state index contributed by atoms with van der Waals surface area (Å²) >= 11 is 11.7. The summed E-state index contributed by atoms with van der Waals surface area (Å²) in [7, 11) is 0. The number of rotatable bonds is 4. The minimum absolute atomic E-state index is 0.0234. The highest BCUT2D eigenvalue weighted by Crippen LogP contribution is 2.36. The first-order valence-electron chi connectivity index (χ1n) is 5.38. The molecule has 2 aromatic carbocycles. The van der Waals surface area contributed by atoms with Gasteiger partial charge in [0.05, 0.1) is 9.95 Å². The van der Waals surface area contributed by atoms with Crippen LogP contribution in [0.25, 0.3) is 0 Å². The van der Waals surface area contributed by atoms with Crippen molar-refractivity contribution in [3.05, 3.63) is 62.1 Å². The fourth-order valence-corrected chi connectivity index (χ4v) is 1.83. The normalized spacial score (nSPS) is 10.1. The van der Waals surface area contributed by atoms with Crippen LogP contribution in [-0.4, -0.2) is 11.2 Å². The van der Waals surface area contributed by atoms with E-state index in [9.17, 15) is 14.9 Å². The Morgan fingerprint density at radius 2 is 1.85 bits per heavy atom. The third-order valence-corrected chi connectivity index (χ3v) is 2.98. The minimum atomic E-state index is -0.638. The van der Waals surface area contributed by atoms with E-state index in [0.717, 1.165) is 6.07 Å². The number of halogens is 2. The van der Waals surface area contributed by atoms with Gasteiger partial charge in [0.2, 0.25) is 5.75 Å². The van der Waals surface area contributed by atoms with E-state index in [-0.39, 0.29) is 27.8 Å². The van der Waals surface area contributed by atoms with Gasteiger partial charge in [-0.05, 0) is 24.3 Å². The monoisotopic (exact) mass is 311 g/mol. The van der Waals surface area contributed by atoms with Crippen LogP contribution in [0, 0.1) is 10.1 Å². The Kier molecular flexibility index (Phi) is 4.22. The number of hydrogen-bond donors (Lipinski definition) is 0. The van der Waals surface area contributed by atoms with Gasteiger partial charge < -0.3 is 4.74 Å². The molecule has 0 saturated heterocycles. The molecule has 0 bridgehead atoms. The Balaban J connectivity index is 2.45. The maximum Gasteiger partial charge on any atom is 0.312 e. The number of nitro benzene ring substituents is 1. The molecule has 0 aromatic heterocycles. The summed E-state index contributed by atoms with van der Waals surface area (Å²) in [5.74, 6) is 0.172. The molecule has 0 heterocycles. The molecule has 0 fully saturated rings. The zero-order valence-corrected chi connectivity index (χ0v) is 11.4. The van der Waals surface area contributed by atoms with Crippen LogP contribution in [-0.2, 0) is 0 Å². The fourth-order valence-electron chi connectivity index (χ4n) is 1.51. The van der Waals surface area contributed by atoms with Crippen LogP contribution in [0.5, 0.6) is 11.5 Å². The maximum atomic E-state index is 11.0. The van der Waals surface area contributed by atoms with E-state index in [2.05, 4.69) is 0 Å². The van der Waals surface area contributed by atoms with E-state index < -0.39 is 4.92 Å². The first kappa shape index (κ1) is 14.3. The Hall–Kier alpha value is -2.11. The van der Waals surface area contributed by atoms with Crippen LogP contribution < -0.4 is 4.74 Å². The van der Waals surface area contributed by atoms with Crippen molar-refractivity contribution in [2.75, 3.05) is 0 Å². The number of benzene rings is 2. The van der Waals surface area contributed by atoms with E-state index in [1.54, 1.807) is 6.07 Å². The van der Waals surface area contributed by atoms with E-state index in [1.807, 2.05) is 0 Å². The average Bonchev–Trinajstić information content (AvgIpc) is 2.43. The van der Waals surface area contributed by atoms with E-state index >= 15 is 0 Å². The molecule has 0 unspecified atom stereocenters. The maximum absolute atomic E-state index is 11.0. The van der Waals surface area contributed by atoms with Gasteiger partial charge in [0.15, 0.2) is 0 Å². The van der Waals surface area contributed by atoms with Crippen molar-refractivity contribution < 1.29 is 14.5 Å². The highest BCUT2D eigenvalue weighted by atomic mass is 35.5. The number of nitrogens with zero attached hydrogens (tertiary/aromatic N) is 1. The summed E-state index contributed by atoms with van der Waals surface area (Å²) in [6.07, 6.45) is 0.517. The molecular formula is C13H7Cl2NO4. The first-order chi connectivity index (χ1) is 9.51. The molecule has 0 atom stereocenters. The summed E-state index contributed by atoms with van der Waals surface area (Å²) in [6.45, 7) is 0. The van der Waals surface area contributed by atoms with Gasteiger partial charge in [-0.15, -0.1) is 0 Å². The lowest BCUT2D eigenvalue weighted by Gasteiger charge is -2.08. The second kappa shape index (κ2) is 5.90. The van der Waals surface area contributed by atoms with Crippen LogP contribution in [0.1, 0.15) is 10.4 Å². The van der Waals surface area contributed by atoms with Crippen molar-refractivity contribution >= 4 is 35.2 Å². The number of nitro groups is 1. The zero-order chi connectivity index (χ0) is 14.7. The third kappa shape index (κ3) is 3.07. The Morgan fingerprint density at radius 3 is 2.50 bits per heavy atom. The number of ether oxygens (including phenoxy) is 1. The van der Waals surface area contributed by atoms with Crippen molar-refractivity contribution in [1.29, 1.82) is 0 Å². The van der Waals surface area contributed by atoms with Gasteiger partial charge >= 0.3 is 5.69 Å². The molecular weight excluding hydrogens is 305 g/mol. The Bertz CT molecular complexity index is 688. The van der Waals surface area contributed by atoms with Crippen molar-refractivity contribution in [2.24, 2.45) is 0 Å². The first-order valence-corrected chi connectivity index (χ1v) is 6.13. The minimum Gasteiger partial charge on any atom is -0.449 e. The predicted molar refractivity (Wildman–Crippen MR) is 75.0 cm³/mol. The molecule has 7 heteroatoms. The lowest BCUT2D eigenvalue weighted by Crippen LogP contribution is -1.95. The van der Waals surface area contributed by atoms with Crippen molar-refractivity contribution in [1.82, 2.24) is 0 Å².